The lowest BCUT2D eigenvalue weighted by Crippen LogP contribution is -2.52. The van der Waals surface area contributed by atoms with Crippen LogP contribution in [0.4, 0.5) is 0 Å². The molecule has 1 aromatic rings. The molecule has 1 fully saturated rings. The maximum absolute atomic E-state index is 13.0. The van der Waals surface area contributed by atoms with Crippen LogP contribution in [0.2, 0.25) is 0 Å². The fraction of sp³-hybridized carbons (Fsp3) is 0.471. The zero-order chi connectivity index (χ0) is 15.9. The molecule has 2 aliphatic rings. The SMILES string of the molecule is CCOC(=O)[C@]12CCC(=O)[C@H](CCc3c(Br)cccc31)C2=O. The monoisotopic (exact) mass is 364 g/mol. The summed E-state index contributed by atoms with van der Waals surface area (Å²) in [7, 11) is 0. The third-order valence-corrected chi connectivity index (χ3v) is 5.50. The van der Waals surface area contributed by atoms with Crippen LogP contribution in [0.15, 0.2) is 22.7 Å². The van der Waals surface area contributed by atoms with E-state index in [4.69, 9.17) is 4.74 Å². The first-order chi connectivity index (χ1) is 10.5. The standard InChI is InChI=1S/C17H17BrO4/c1-2-22-16(21)17-9-8-14(19)11(15(17)20)7-6-10-12(17)4-3-5-13(10)18/h3-5,11H,2,6-9H2,1H3/t11-,17+/m0/s1. The molecule has 0 amide bonds. The molecule has 0 N–H and O–H groups in total. The molecule has 1 saturated carbocycles. The average molecular weight is 365 g/mol. The quantitative estimate of drug-likeness (QED) is 0.597. The number of ketones is 2. The normalized spacial score (nSPS) is 27.1. The predicted octanol–water partition coefficient (Wildman–Crippen LogP) is 2.74. The van der Waals surface area contributed by atoms with E-state index in [1.165, 1.54) is 0 Å². The number of hydrogen-bond acceptors (Lipinski definition) is 4. The Balaban J connectivity index is 2.25. The van der Waals surface area contributed by atoms with Gasteiger partial charge in [0.2, 0.25) is 0 Å². The van der Waals surface area contributed by atoms with Crippen molar-refractivity contribution < 1.29 is 19.1 Å². The maximum atomic E-state index is 13.0. The lowest BCUT2D eigenvalue weighted by Gasteiger charge is -2.35. The Morgan fingerprint density at radius 2 is 2.14 bits per heavy atom. The molecule has 2 bridgehead atoms. The van der Waals surface area contributed by atoms with Crippen molar-refractivity contribution >= 4 is 33.5 Å². The number of rotatable bonds is 2. The van der Waals surface area contributed by atoms with E-state index < -0.39 is 17.3 Å². The van der Waals surface area contributed by atoms with Gasteiger partial charge < -0.3 is 4.74 Å². The van der Waals surface area contributed by atoms with E-state index >= 15 is 0 Å². The van der Waals surface area contributed by atoms with Gasteiger partial charge in [-0.15, -0.1) is 0 Å². The van der Waals surface area contributed by atoms with Crippen molar-refractivity contribution in [2.24, 2.45) is 5.92 Å². The minimum Gasteiger partial charge on any atom is -0.465 e. The Kier molecular flexibility index (Phi) is 3.93. The Bertz CT molecular complexity index is 667. The van der Waals surface area contributed by atoms with Crippen LogP contribution >= 0.6 is 15.9 Å². The van der Waals surface area contributed by atoms with Gasteiger partial charge in [-0.05, 0) is 43.4 Å². The van der Waals surface area contributed by atoms with Crippen molar-refractivity contribution in [2.75, 3.05) is 6.61 Å². The van der Waals surface area contributed by atoms with E-state index in [1.54, 1.807) is 6.92 Å². The molecule has 1 aromatic carbocycles. The summed E-state index contributed by atoms with van der Waals surface area (Å²) < 4.78 is 6.11. The van der Waals surface area contributed by atoms with Crippen molar-refractivity contribution in [2.45, 2.75) is 38.0 Å². The molecule has 2 aliphatic carbocycles. The summed E-state index contributed by atoms with van der Waals surface area (Å²) in [4.78, 5) is 37.9. The Hall–Kier alpha value is -1.49. The number of halogens is 1. The number of benzene rings is 1. The van der Waals surface area contributed by atoms with E-state index in [1.807, 2.05) is 18.2 Å². The lowest BCUT2D eigenvalue weighted by atomic mass is 9.64. The van der Waals surface area contributed by atoms with Gasteiger partial charge in [-0.3, -0.25) is 14.4 Å². The van der Waals surface area contributed by atoms with Crippen LogP contribution in [0.3, 0.4) is 0 Å². The maximum Gasteiger partial charge on any atom is 0.324 e. The molecule has 22 heavy (non-hydrogen) atoms. The zero-order valence-corrected chi connectivity index (χ0v) is 13.9. The topological polar surface area (TPSA) is 60.4 Å². The number of Topliss-reactive ketones (excluding diaryl/α,β-unsaturated/α-hetero) is 2. The molecule has 2 atom stereocenters. The fourth-order valence-corrected chi connectivity index (χ4v) is 4.24. The van der Waals surface area contributed by atoms with Crippen LogP contribution in [0.5, 0.6) is 0 Å². The molecule has 4 nitrogen and oxygen atoms in total. The molecular formula is C17H17BrO4. The molecule has 0 heterocycles. The highest BCUT2D eigenvalue weighted by Crippen LogP contribution is 2.46. The van der Waals surface area contributed by atoms with E-state index in [0.29, 0.717) is 18.4 Å². The van der Waals surface area contributed by atoms with Crippen LogP contribution in [-0.2, 0) is 31.0 Å². The van der Waals surface area contributed by atoms with Crippen molar-refractivity contribution in [3.8, 4) is 0 Å². The molecule has 0 radical (unpaired) electrons. The number of fused-ring (bicyclic) bond motifs is 4. The number of carbonyl (C=O) groups is 3. The van der Waals surface area contributed by atoms with Gasteiger partial charge in [0.1, 0.15) is 5.78 Å². The van der Waals surface area contributed by atoms with E-state index in [-0.39, 0.29) is 31.0 Å². The third kappa shape index (κ3) is 2.06. The molecule has 5 heteroatoms. The van der Waals surface area contributed by atoms with Crippen molar-refractivity contribution in [3.05, 3.63) is 33.8 Å². The van der Waals surface area contributed by atoms with Crippen molar-refractivity contribution in [1.82, 2.24) is 0 Å². The largest absolute Gasteiger partial charge is 0.465 e. The molecule has 0 saturated heterocycles. The van der Waals surface area contributed by atoms with Gasteiger partial charge >= 0.3 is 5.97 Å². The molecule has 0 aliphatic heterocycles. The van der Waals surface area contributed by atoms with Crippen LogP contribution < -0.4 is 0 Å². The number of esters is 1. The summed E-state index contributed by atoms with van der Waals surface area (Å²) in [5.74, 6) is -1.52. The second-order valence-corrected chi connectivity index (χ2v) is 6.67. The summed E-state index contributed by atoms with van der Waals surface area (Å²) in [6, 6.07) is 5.56. The summed E-state index contributed by atoms with van der Waals surface area (Å²) in [6.45, 7) is 1.94. The zero-order valence-electron chi connectivity index (χ0n) is 12.4. The second-order valence-electron chi connectivity index (χ2n) is 5.81. The van der Waals surface area contributed by atoms with Gasteiger partial charge in [-0.2, -0.15) is 0 Å². The van der Waals surface area contributed by atoms with Gasteiger partial charge in [0.15, 0.2) is 11.2 Å². The van der Waals surface area contributed by atoms with E-state index in [9.17, 15) is 14.4 Å². The first-order valence-corrected chi connectivity index (χ1v) is 8.33. The highest BCUT2D eigenvalue weighted by atomic mass is 79.9. The smallest absolute Gasteiger partial charge is 0.324 e. The molecule has 0 spiro atoms. The Morgan fingerprint density at radius 3 is 2.86 bits per heavy atom. The van der Waals surface area contributed by atoms with Gasteiger partial charge in [0.05, 0.1) is 12.5 Å². The first kappa shape index (κ1) is 15.4. The molecule has 3 rings (SSSR count). The minimum atomic E-state index is -1.32. The molecular weight excluding hydrogens is 348 g/mol. The Labute approximate surface area is 137 Å². The highest BCUT2D eigenvalue weighted by molar-refractivity contribution is 9.10. The molecule has 0 aromatic heterocycles. The van der Waals surface area contributed by atoms with Crippen LogP contribution in [-0.4, -0.2) is 24.1 Å². The van der Waals surface area contributed by atoms with Gasteiger partial charge in [-0.1, -0.05) is 28.1 Å². The Morgan fingerprint density at radius 1 is 1.36 bits per heavy atom. The summed E-state index contributed by atoms with van der Waals surface area (Å²) >= 11 is 3.51. The minimum absolute atomic E-state index is 0.0474. The summed E-state index contributed by atoms with van der Waals surface area (Å²) in [5, 5.41) is 0. The predicted molar refractivity (Wildman–Crippen MR) is 83.5 cm³/mol. The van der Waals surface area contributed by atoms with Crippen LogP contribution in [0, 0.1) is 5.92 Å². The number of carbonyl (C=O) groups excluding carboxylic acids is 3. The van der Waals surface area contributed by atoms with Crippen LogP contribution in [0.25, 0.3) is 0 Å². The van der Waals surface area contributed by atoms with Crippen molar-refractivity contribution in [1.29, 1.82) is 0 Å². The lowest BCUT2D eigenvalue weighted by molar-refractivity contribution is -0.158. The second kappa shape index (κ2) is 5.61. The van der Waals surface area contributed by atoms with E-state index in [2.05, 4.69) is 15.9 Å². The first-order valence-electron chi connectivity index (χ1n) is 7.54. The summed E-state index contributed by atoms with van der Waals surface area (Å²) in [5.41, 5.74) is 0.339. The molecule has 116 valence electrons. The third-order valence-electron chi connectivity index (χ3n) is 4.76. The van der Waals surface area contributed by atoms with E-state index in [0.717, 1.165) is 10.0 Å². The van der Waals surface area contributed by atoms with Crippen molar-refractivity contribution in [3.63, 3.8) is 0 Å². The summed E-state index contributed by atoms with van der Waals surface area (Å²) in [6.07, 6.45) is 1.54. The van der Waals surface area contributed by atoms with Gasteiger partial charge in [-0.25, -0.2) is 0 Å². The van der Waals surface area contributed by atoms with Gasteiger partial charge in [0.25, 0.3) is 0 Å². The number of hydrogen-bond donors (Lipinski definition) is 0. The number of ether oxygens (including phenoxy) is 1. The molecule has 0 unspecified atom stereocenters. The van der Waals surface area contributed by atoms with Crippen LogP contribution in [0.1, 0.15) is 37.3 Å². The average Bonchev–Trinajstić information content (AvgIpc) is 2.56. The fourth-order valence-electron chi connectivity index (χ4n) is 3.68. The highest BCUT2D eigenvalue weighted by Gasteiger charge is 2.57. The van der Waals surface area contributed by atoms with Gasteiger partial charge in [0, 0.05) is 10.9 Å².